The van der Waals surface area contributed by atoms with Gasteiger partial charge in [-0.1, -0.05) is 30.3 Å². The summed E-state index contributed by atoms with van der Waals surface area (Å²) in [6.45, 7) is 1.60. The van der Waals surface area contributed by atoms with Crippen molar-refractivity contribution in [3.05, 3.63) is 41.6 Å². The van der Waals surface area contributed by atoms with Gasteiger partial charge in [0.15, 0.2) is 6.54 Å². The molecule has 1 aromatic carbocycles. The van der Waals surface area contributed by atoms with Crippen LogP contribution in [0.5, 0.6) is 0 Å². The van der Waals surface area contributed by atoms with Gasteiger partial charge in [0.05, 0.1) is 0 Å². The molecule has 100 valence electrons. The predicted octanol–water partition coefficient (Wildman–Crippen LogP) is 0.107. The van der Waals surface area contributed by atoms with Crippen molar-refractivity contribution in [2.75, 3.05) is 0 Å². The minimum atomic E-state index is -0.388. The van der Waals surface area contributed by atoms with Crippen LogP contribution in [0.2, 0.25) is 0 Å². The Hall–Kier alpha value is -2.21. The maximum Gasteiger partial charge on any atom is 0.326 e. The smallest absolute Gasteiger partial charge is 0.326 e. The van der Waals surface area contributed by atoms with E-state index in [1.807, 2.05) is 30.3 Å². The normalized spacial score (nSPS) is 11.8. The van der Waals surface area contributed by atoms with Crippen LogP contribution in [0, 0.1) is 0 Å². The van der Waals surface area contributed by atoms with Crippen molar-refractivity contribution in [3.8, 4) is 0 Å². The van der Waals surface area contributed by atoms with Gasteiger partial charge in [-0.15, -0.1) is 0 Å². The number of aryl methyl sites for hydroxylation is 2. The lowest BCUT2D eigenvalue weighted by molar-refractivity contribution is -0.769. The summed E-state index contributed by atoms with van der Waals surface area (Å²) < 4.78 is 6.47. The number of aliphatic imine (C=N–C) groups is 1. The lowest BCUT2D eigenvalue weighted by Crippen LogP contribution is -2.40. The van der Waals surface area contributed by atoms with Crippen molar-refractivity contribution < 1.29 is 19.4 Å². The van der Waals surface area contributed by atoms with Crippen molar-refractivity contribution in [3.63, 3.8) is 0 Å². The quantitative estimate of drug-likeness (QED) is 0.470. The molecule has 19 heavy (non-hydrogen) atoms. The van der Waals surface area contributed by atoms with Gasteiger partial charge in [0.2, 0.25) is 5.27 Å². The van der Waals surface area contributed by atoms with E-state index < -0.39 is 0 Å². The van der Waals surface area contributed by atoms with Gasteiger partial charge in [0, 0.05) is 6.42 Å². The van der Waals surface area contributed by atoms with E-state index in [2.05, 4.69) is 10.3 Å². The summed E-state index contributed by atoms with van der Waals surface area (Å²) in [4.78, 5) is 3.66. The highest BCUT2D eigenvalue weighted by Crippen LogP contribution is 2.14. The third-order valence-electron chi connectivity index (χ3n) is 2.65. The molecular weight excluding hydrogens is 246 g/mol. The van der Waals surface area contributed by atoms with E-state index in [9.17, 15) is 10.2 Å². The van der Waals surface area contributed by atoms with Gasteiger partial charge < -0.3 is 10.2 Å². The highest BCUT2D eigenvalue weighted by atomic mass is 16.5. The Morgan fingerprint density at radius 1 is 1.42 bits per heavy atom. The van der Waals surface area contributed by atoms with Crippen LogP contribution in [-0.2, 0) is 19.6 Å². The van der Waals surface area contributed by atoms with E-state index >= 15 is 0 Å². The zero-order chi connectivity index (χ0) is 13.7. The fourth-order valence-electron chi connectivity index (χ4n) is 1.73. The molecule has 2 rings (SSSR count). The molecule has 1 N–H and O–H groups in total. The van der Waals surface area contributed by atoms with E-state index in [4.69, 9.17) is 4.52 Å². The fraction of sp³-hybridized carbons (Fsp3) is 0.308. The van der Waals surface area contributed by atoms with Crippen LogP contribution in [0.15, 0.2) is 39.8 Å². The third kappa shape index (κ3) is 3.38. The van der Waals surface area contributed by atoms with Crippen LogP contribution >= 0.6 is 0 Å². The Morgan fingerprint density at radius 3 is 2.79 bits per heavy atom. The SMILES string of the molecule is C/C([O-])=N/c1on[n+](CCc2ccccc2)c1CO. The number of hydrogen-bond donors (Lipinski definition) is 1. The predicted molar refractivity (Wildman–Crippen MR) is 65.5 cm³/mol. The molecule has 0 atom stereocenters. The van der Waals surface area contributed by atoms with Crippen molar-refractivity contribution in [1.29, 1.82) is 0 Å². The van der Waals surface area contributed by atoms with Crippen molar-refractivity contribution in [2.24, 2.45) is 4.99 Å². The number of aliphatic hydroxyl groups is 1. The second-order valence-electron chi connectivity index (χ2n) is 4.07. The molecule has 1 aromatic heterocycles. The van der Waals surface area contributed by atoms with Crippen molar-refractivity contribution in [2.45, 2.75) is 26.5 Å². The summed E-state index contributed by atoms with van der Waals surface area (Å²) in [5.74, 6) is -0.316. The van der Waals surface area contributed by atoms with E-state index in [1.54, 1.807) is 0 Å². The van der Waals surface area contributed by atoms with Crippen molar-refractivity contribution >= 4 is 11.8 Å². The summed E-state index contributed by atoms with van der Waals surface area (Å²) in [7, 11) is 0. The lowest BCUT2D eigenvalue weighted by Gasteiger charge is -1.98. The molecule has 0 aliphatic rings. The van der Waals surface area contributed by atoms with Crippen LogP contribution in [-0.4, -0.2) is 16.3 Å². The van der Waals surface area contributed by atoms with Gasteiger partial charge in [-0.3, -0.25) is 4.52 Å². The fourth-order valence-corrected chi connectivity index (χ4v) is 1.73. The molecule has 0 unspecified atom stereocenters. The number of aliphatic hydroxyl groups excluding tert-OH is 1. The highest BCUT2D eigenvalue weighted by molar-refractivity contribution is 5.71. The largest absolute Gasteiger partial charge is 0.862 e. The molecule has 0 fully saturated rings. The first-order valence-electron chi connectivity index (χ1n) is 5.96. The second-order valence-corrected chi connectivity index (χ2v) is 4.07. The Balaban J connectivity index is 2.13. The molecule has 0 radical (unpaired) electrons. The molecule has 0 amide bonds. The van der Waals surface area contributed by atoms with Gasteiger partial charge in [0.1, 0.15) is 6.61 Å². The minimum Gasteiger partial charge on any atom is -0.862 e. The molecule has 2 aromatic rings. The molecule has 0 spiro atoms. The molecule has 0 aliphatic carbocycles. The summed E-state index contributed by atoms with van der Waals surface area (Å²) in [6, 6.07) is 9.91. The summed E-state index contributed by atoms with van der Waals surface area (Å²) >= 11 is 0. The average Bonchev–Trinajstić information content (AvgIpc) is 2.78. The van der Waals surface area contributed by atoms with Gasteiger partial charge in [0.25, 0.3) is 0 Å². The number of nitrogens with zero attached hydrogens (tertiary/aromatic N) is 3. The third-order valence-corrected chi connectivity index (χ3v) is 2.65. The Kier molecular flexibility index (Phi) is 4.25. The molecule has 0 bridgehead atoms. The molecular formula is C13H15N3O3. The Morgan fingerprint density at radius 2 is 2.16 bits per heavy atom. The van der Waals surface area contributed by atoms with Crippen LogP contribution in [0.4, 0.5) is 5.88 Å². The summed E-state index contributed by atoms with van der Waals surface area (Å²) in [5, 5.41) is 24.0. The molecule has 6 nitrogen and oxygen atoms in total. The van der Waals surface area contributed by atoms with Gasteiger partial charge in [-0.2, -0.15) is 0 Å². The number of benzene rings is 1. The van der Waals surface area contributed by atoms with Crippen LogP contribution < -0.4 is 9.79 Å². The highest BCUT2D eigenvalue weighted by Gasteiger charge is 2.22. The second kappa shape index (κ2) is 6.10. The van der Waals surface area contributed by atoms with Gasteiger partial charge >= 0.3 is 11.6 Å². The lowest BCUT2D eigenvalue weighted by atomic mass is 10.1. The molecule has 1 heterocycles. The van der Waals surface area contributed by atoms with Gasteiger partial charge in [-0.05, 0) is 23.1 Å². The molecule has 0 saturated carbocycles. The van der Waals surface area contributed by atoms with Crippen LogP contribution in [0.3, 0.4) is 0 Å². The summed E-state index contributed by atoms with van der Waals surface area (Å²) in [6.07, 6.45) is 0.755. The Labute approximate surface area is 110 Å². The monoisotopic (exact) mass is 261 g/mol. The number of hydrogen-bond acceptors (Lipinski definition) is 5. The zero-order valence-corrected chi connectivity index (χ0v) is 10.6. The van der Waals surface area contributed by atoms with Crippen LogP contribution in [0.25, 0.3) is 0 Å². The van der Waals surface area contributed by atoms with E-state index in [0.29, 0.717) is 12.2 Å². The van der Waals surface area contributed by atoms with E-state index in [0.717, 1.165) is 12.0 Å². The topological polar surface area (TPSA) is 85.6 Å². The van der Waals surface area contributed by atoms with E-state index in [1.165, 1.54) is 11.6 Å². The Bertz CT molecular complexity index is 560. The number of aromatic nitrogens is 2. The zero-order valence-electron chi connectivity index (χ0n) is 10.6. The number of rotatable bonds is 5. The maximum atomic E-state index is 10.9. The molecule has 6 heteroatoms. The molecule has 0 saturated heterocycles. The minimum absolute atomic E-state index is 0.0723. The first-order valence-corrected chi connectivity index (χ1v) is 5.96. The summed E-state index contributed by atoms with van der Waals surface area (Å²) in [5.41, 5.74) is 1.57. The standard InChI is InChI=1S/C13H15N3O3/c1-10(18)14-13-12(9-17)16(15-19-13)8-7-11-5-3-2-4-6-11/h2-6,17H,7-9H2,1H3. The first kappa shape index (κ1) is 13.2. The molecule has 0 aliphatic heterocycles. The average molecular weight is 261 g/mol. The van der Waals surface area contributed by atoms with E-state index in [-0.39, 0.29) is 18.4 Å². The van der Waals surface area contributed by atoms with Crippen molar-refractivity contribution in [1.82, 2.24) is 5.27 Å². The van der Waals surface area contributed by atoms with Crippen LogP contribution in [0.1, 0.15) is 18.2 Å². The maximum absolute atomic E-state index is 10.9. The van der Waals surface area contributed by atoms with Gasteiger partial charge in [-0.25, -0.2) is 4.99 Å². The first-order chi connectivity index (χ1) is 9.20.